The van der Waals surface area contributed by atoms with E-state index in [2.05, 4.69) is 38.2 Å². The average Bonchev–Trinajstić information content (AvgIpc) is 2.92. The largest absolute Gasteiger partial charge is 0.301 e. The normalized spacial score (nSPS) is 10.9. The van der Waals surface area contributed by atoms with Crippen LogP contribution in [0.15, 0.2) is 39.6 Å². The Balaban J connectivity index is 1.72. The van der Waals surface area contributed by atoms with E-state index in [1.54, 1.807) is 11.3 Å². The van der Waals surface area contributed by atoms with Gasteiger partial charge in [0.15, 0.2) is 5.78 Å². The lowest BCUT2D eigenvalue weighted by molar-refractivity contribution is 0.0976. The summed E-state index contributed by atoms with van der Waals surface area (Å²) < 4.78 is 0.997. The van der Waals surface area contributed by atoms with Crippen molar-refractivity contribution >= 4 is 33.0 Å². The molecule has 3 nitrogen and oxygen atoms in total. The third kappa shape index (κ3) is 4.81. The van der Waals surface area contributed by atoms with E-state index in [0.29, 0.717) is 6.42 Å². The van der Waals surface area contributed by atoms with Gasteiger partial charge in [-0.05, 0) is 32.1 Å². The number of carbonyl (C=O) groups is 1. The summed E-state index contributed by atoms with van der Waals surface area (Å²) in [6, 6.07) is 7.54. The van der Waals surface area contributed by atoms with Gasteiger partial charge in [0.25, 0.3) is 0 Å². The fraction of sp³-hybridized carbons (Fsp3) is 0.333. The van der Waals surface area contributed by atoms with Crippen LogP contribution in [-0.4, -0.2) is 29.3 Å². The Morgan fingerprint density at radius 1 is 1.35 bits per heavy atom. The fourth-order valence-corrected chi connectivity index (χ4v) is 2.77. The summed E-state index contributed by atoms with van der Waals surface area (Å²) in [7, 11) is 2.06. The summed E-state index contributed by atoms with van der Waals surface area (Å²) in [6.07, 6.45) is 1.46. The summed E-state index contributed by atoms with van der Waals surface area (Å²) in [4.78, 5) is 18.5. The number of halogens is 1. The molecule has 0 spiro atoms. The van der Waals surface area contributed by atoms with Gasteiger partial charge in [0.1, 0.15) is 0 Å². The number of aromatic nitrogens is 1. The van der Waals surface area contributed by atoms with Gasteiger partial charge in [0.2, 0.25) is 0 Å². The first-order chi connectivity index (χ1) is 9.65. The number of ketones is 1. The van der Waals surface area contributed by atoms with Crippen LogP contribution in [-0.2, 0) is 6.54 Å². The van der Waals surface area contributed by atoms with Crippen molar-refractivity contribution in [2.45, 2.75) is 19.4 Å². The zero-order chi connectivity index (χ0) is 14.4. The molecule has 0 aliphatic heterocycles. The van der Waals surface area contributed by atoms with E-state index in [-0.39, 0.29) is 5.78 Å². The van der Waals surface area contributed by atoms with Gasteiger partial charge >= 0.3 is 0 Å². The molecule has 1 aromatic carbocycles. The van der Waals surface area contributed by atoms with Crippen LogP contribution >= 0.6 is 27.3 Å². The molecule has 2 rings (SSSR count). The van der Waals surface area contributed by atoms with Crippen molar-refractivity contribution in [2.24, 2.45) is 0 Å². The van der Waals surface area contributed by atoms with Crippen LogP contribution in [0.4, 0.5) is 0 Å². The molecule has 1 heterocycles. The number of thiazole rings is 1. The number of benzene rings is 1. The Labute approximate surface area is 131 Å². The lowest BCUT2D eigenvalue weighted by Gasteiger charge is -2.14. The summed E-state index contributed by atoms with van der Waals surface area (Å²) in [6.45, 7) is 1.75. The molecule has 2 aromatic rings. The van der Waals surface area contributed by atoms with Crippen molar-refractivity contribution in [3.05, 3.63) is 50.9 Å². The molecule has 0 N–H and O–H groups in total. The molecule has 0 aliphatic rings. The summed E-state index contributed by atoms with van der Waals surface area (Å²) in [5.41, 5.74) is 3.73. The average molecular weight is 353 g/mol. The van der Waals surface area contributed by atoms with E-state index in [1.807, 2.05) is 29.8 Å². The molecular formula is C15H17BrN2OS. The minimum atomic E-state index is 0.208. The highest BCUT2D eigenvalue weighted by Gasteiger charge is 2.07. The smallest absolute Gasteiger partial charge is 0.162 e. The molecular weight excluding hydrogens is 336 g/mol. The standard InChI is InChI=1S/C15H17BrN2OS/c1-18(9-14-10-20-11-17-14)8-2-3-15(19)12-4-6-13(16)7-5-12/h4-7,10-11H,2-3,8-9H2,1H3. The maximum atomic E-state index is 12.0. The van der Waals surface area contributed by atoms with Crippen LogP contribution in [0.1, 0.15) is 28.9 Å². The van der Waals surface area contributed by atoms with Gasteiger partial charge in [0.05, 0.1) is 11.2 Å². The number of carbonyl (C=O) groups excluding carboxylic acids is 1. The van der Waals surface area contributed by atoms with Crippen LogP contribution < -0.4 is 0 Å². The maximum absolute atomic E-state index is 12.0. The van der Waals surface area contributed by atoms with Gasteiger partial charge in [-0.3, -0.25) is 4.79 Å². The molecule has 5 heteroatoms. The van der Waals surface area contributed by atoms with E-state index >= 15 is 0 Å². The molecule has 0 fully saturated rings. The molecule has 0 atom stereocenters. The maximum Gasteiger partial charge on any atom is 0.162 e. The van der Waals surface area contributed by atoms with Crippen molar-refractivity contribution < 1.29 is 4.79 Å². The Morgan fingerprint density at radius 3 is 2.75 bits per heavy atom. The highest BCUT2D eigenvalue weighted by molar-refractivity contribution is 9.10. The third-order valence-corrected chi connectivity index (χ3v) is 4.19. The molecule has 0 saturated carbocycles. The second kappa shape index (κ2) is 7.67. The molecule has 0 radical (unpaired) electrons. The van der Waals surface area contributed by atoms with E-state index in [1.165, 1.54) is 0 Å². The minimum absolute atomic E-state index is 0.208. The molecule has 0 aliphatic carbocycles. The van der Waals surface area contributed by atoms with Gasteiger partial charge in [-0.15, -0.1) is 11.3 Å². The number of nitrogens with zero attached hydrogens (tertiary/aromatic N) is 2. The van der Waals surface area contributed by atoms with Crippen LogP contribution in [0.5, 0.6) is 0 Å². The van der Waals surface area contributed by atoms with Gasteiger partial charge in [-0.25, -0.2) is 4.98 Å². The summed E-state index contributed by atoms with van der Waals surface area (Å²) in [5.74, 6) is 0.208. The Hall–Kier alpha value is -1.04. The van der Waals surface area contributed by atoms with Gasteiger partial charge < -0.3 is 4.90 Å². The fourth-order valence-electron chi connectivity index (χ4n) is 1.96. The third-order valence-electron chi connectivity index (χ3n) is 3.03. The first-order valence-corrected chi connectivity index (χ1v) is 8.23. The van der Waals surface area contributed by atoms with E-state index < -0.39 is 0 Å². The predicted octanol–water partition coefficient (Wildman–Crippen LogP) is 4.00. The topological polar surface area (TPSA) is 33.2 Å². The zero-order valence-electron chi connectivity index (χ0n) is 11.4. The molecule has 0 unspecified atom stereocenters. The number of Topliss-reactive ketones (excluding diaryl/α,β-unsaturated/α-hetero) is 1. The minimum Gasteiger partial charge on any atom is -0.301 e. The highest BCUT2D eigenvalue weighted by Crippen LogP contribution is 2.13. The monoisotopic (exact) mass is 352 g/mol. The first kappa shape index (κ1) is 15.4. The second-order valence-electron chi connectivity index (χ2n) is 4.75. The number of hydrogen-bond acceptors (Lipinski definition) is 4. The highest BCUT2D eigenvalue weighted by atomic mass is 79.9. The van der Waals surface area contributed by atoms with Crippen molar-refractivity contribution in [2.75, 3.05) is 13.6 Å². The molecule has 0 bridgehead atoms. The Kier molecular flexibility index (Phi) is 5.88. The van der Waals surface area contributed by atoms with Crippen LogP contribution in [0.2, 0.25) is 0 Å². The zero-order valence-corrected chi connectivity index (χ0v) is 13.8. The van der Waals surface area contributed by atoms with Gasteiger partial charge in [0, 0.05) is 28.4 Å². The predicted molar refractivity (Wildman–Crippen MR) is 86.2 cm³/mol. The Bertz CT molecular complexity index is 540. The first-order valence-electron chi connectivity index (χ1n) is 6.49. The molecule has 0 saturated heterocycles. The molecule has 0 amide bonds. The van der Waals surface area contributed by atoms with Crippen molar-refractivity contribution in [1.82, 2.24) is 9.88 Å². The van der Waals surface area contributed by atoms with E-state index in [4.69, 9.17) is 0 Å². The number of hydrogen-bond donors (Lipinski definition) is 0. The Morgan fingerprint density at radius 2 is 2.10 bits per heavy atom. The van der Waals surface area contributed by atoms with Crippen molar-refractivity contribution in [3.63, 3.8) is 0 Å². The van der Waals surface area contributed by atoms with Gasteiger partial charge in [-0.1, -0.05) is 28.1 Å². The molecule has 106 valence electrons. The number of rotatable bonds is 7. The molecule has 1 aromatic heterocycles. The quantitative estimate of drug-likeness (QED) is 0.706. The van der Waals surface area contributed by atoms with E-state index in [9.17, 15) is 4.79 Å². The SMILES string of the molecule is CN(CCCC(=O)c1ccc(Br)cc1)Cc1cscn1. The van der Waals surface area contributed by atoms with Crippen molar-refractivity contribution in [3.8, 4) is 0 Å². The lowest BCUT2D eigenvalue weighted by Crippen LogP contribution is -2.20. The van der Waals surface area contributed by atoms with Gasteiger partial charge in [-0.2, -0.15) is 0 Å². The van der Waals surface area contributed by atoms with E-state index in [0.717, 1.165) is 35.2 Å². The van der Waals surface area contributed by atoms with Crippen LogP contribution in [0, 0.1) is 0 Å². The van der Waals surface area contributed by atoms with Crippen LogP contribution in [0.3, 0.4) is 0 Å². The molecule has 20 heavy (non-hydrogen) atoms. The van der Waals surface area contributed by atoms with Crippen molar-refractivity contribution in [1.29, 1.82) is 0 Å². The second-order valence-corrected chi connectivity index (χ2v) is 6.39. The summed E-state index contributed by atoms with van der Waals surface area (Å²) >= 11 is 4.98. The lowest BCUT2D eigenvalue weighted by atomic mass is 10.1. The summed E-state index contributed by atoms with van der Waals surface area (Å²) in [5, 5.41) is 2.06. The van der Waals surface area contributed by atoms with Crippen LogP contribution in [0.25, 0.3) is 0 Å².